The topological polar surface area (TPSA) is 0 Å². The zero-order valence-corrected chi connectivity index (χ0v) is 23.7. The molecular formula is C27H31Cl2SiZr. The summed E-state index contributed by atoms with van der Waals surface area (Å²) >= 11 is 0. The van der Waals surface area contributed by atoms with Gasteiger partial charge in [-0.15, -0.1) is 0 Å². The molecule has 0 nitrogen and oxygen atoms in total. The number of fused-ring (bicyclic) bond motifs is 3. The number of hydrogen-bond acceptors (Lipinski definition) is 0. The quantitative estimate of drug-likeness (QED) is 0.367. The average molecular weight is 546 g/mol. The van der Waals surface area contributed by atoms with E-state index in [1.165, 1.54) is 43.2 Å². The minimum Gasteiger partial charge on any atom is -1.00 e. The molecule has 3 aliphatic rings. The van der Waals surface area contributed by atoms with Crippen LogP contribution in [0.5, 0.6) is 0 Å². The fraction of sp³-hybridized carbons (Fsp3) is 0.370. The van der Waals surface area contributed by atoms with Gasteiger partial charge in [0.05, 0.1) is 0 Å². The summed E-state index contributed by atoms with van der Waals surface area (Å²) in [7, 11) is -1.15. The first-order valence-corrected chi connectivity index (χ1v) is 14.0. The Bertz CT molecular complexity index is 979. The van der Waals surface area contributed by atoms with Crippen LogP contribution in [0.2, 0.25) is 13.1 Å². The van der Waals surface area contributed by atoms with Gasteiger partial charge in [0.2, 0.25) is 0 Å². The molecular weight excluding hydrogens is 515 g/mol. The molecule has 1 aliphatic heterocycles. The van der Waals surface area contributed by atoms with Crippen molar-refractivity contribution in [2.75, 3.05) is 0 Å². The van der Waals surface area contributed by atoms with Crippen LogP contribution in [-0.2, 0) is 26.2 Å². The molecule has 0 fully saturated rings. The molecule has 0 saturated heterocycles. The van der Waals surface area contributed by atoms with E-state index in [4.69, 9.17) is 0 Å². The second-order valence-electron chi connectivity index (χ2n) is 9.54. The molecule has 1 radical (unpaired) electrons. The molecule has 0 saturated carbocycles. The molecule has 0 aromatic heterocycles. The third-order valence-corrected chi connectivity index (χ3v) is 10.8. The van der Waals surface area contributed by atoms with E-state index < -0.39 is 8.07 Å². The molecule has 1 heterocycles. The number of allylic oxidation sites excluding steroid dienone is 2. The molecule has 31 heavy (non-hydrogen) atoms. The van der Waals surface area contributed by atoms with E-state index in [-0.39, 0.29) is 51.0 Å². The number of benzene rings is 2. The molecule has 0 N–H and O–H groups in total. The zero-order valence-electron chi connectivity index (χ0n) is 18.7. The van der Waals surface area contributed by atoms with Gasteiger partial charge >= 0.3 is 26.2 Å². The van der Waals surface area contributed by atoms with Crippen LogP contribution in [0.15, 0.2) is 59.8 Å². The second-order valence-corrected chi connectivity index (χ2v) is 13.8. The van der Waals surface area contributed by atoms with Gasteiger partial charge < -0.3 is 30.7 Å². The monoisotopic (exact) mass is 543 g/mol. The predicted molar refractivity (Wildman–Crippen MR) is 124 cm³/mol. The van der Waals surface area contributed by atoms with E-state index in [0.717, 1.165) is 5.92 Å². The van der Waals surface area contributed by atoms with Gasteiger partial charge in [0.15, 0.2) is 0 Å². The SMILES string of the molecule is C[C-](CCCC1C=Cc2ccccc21)CCC1C2=C(c3ccccc31)[Si]2(C)C.[Cl-].[Cl-].[Zr+3]. The molecule has 2 aliphatic carbocycles. The summed E-state index contributed by atoms with van der Waals surface area (Å²) in [5.41, 5.74) is 6.18. The summed E-state index contributed by atoms with van der Waals surface area (Å²) in [6.45, 7) is 7.48. The molecule has 0 spiro atoms. The first-order valence-electron chi connectivity index (χ1n) is 11.0. The van der Waals surface area contributed by atoms with E-state index in [2.05, 4.69) is 80.7 Å². The Hall–Kier alpha value is -0.400. The first kappa shape index (κ1) is 26.8. The molecule has 2 unspecified atom stereocenters. The van der Waals surface area contributed by atoms with Crippen LogP contribution in [-0.4, -0.2) is 8.07 Å². The van der Waals surface area contributed by atoms with Crippen LogP contribution in [0.25, 0.3) is 11.3 Å². The standard InChI is InChI=1S/C27H31Si.2ClH.Zr/c1-19(9-8-11-21-17-16-20-10-4-5-12-22(20)21)15-18-25-23-13-6-7-14-24(23)26-27(25)28(26,2)3;;;/h4-7,10,12-14,16-17,21,25H,8-9,11,15,18H2,1-3H3;2*1H;/q-1;;;+3/p-2. The Morgan fingerprint density at radius 1 is 0.871 bits per heavy atom. The van der Waals surface area contributed by atoms with Crippen LogP contribution < -0.4 is 24.8 Å². The second kappa shape index (κ2) is 10.7. The molecule has 2 aromatic rings. The normalized spacial score (nSPS) is 20.9. The Labute approximate surface area is 221 Å². The molecule has 161 valence electrons. The van der Waals surface area contributed by atoms with Gasteiger partial charge in [0.1, 0.15) is 8.07 Å². The van der Waals surface area contributed by atoms with Crippen LogP contribution in [0.3, 0.4) is 0 Å². The van der Waals surface area contributed by atoms with E-state index >= 15 is 0 Å². The summed E-state index contributed by atoms with van der Waals surface area (Å²) in [6.07, 6.45) is 11.2. The van der Waals surface area contributed by atoms with Crippen molar-refractivity contribution in [1.82, 2.24) is 0 Å². The van der Waals surface area contributed by atoms with Crippen molar-refractivity contribution in [2.45, 2.75) is 64.0 Å². The fourth-order valence-corrected chi connectivity index (χ4v) is 9.91. The van der Waals surface area contributed by atoms with Gasteiger partial charge in [0, 0.05) is 11.8 Å². The van der Waals surface area contributed by atoms with Crippen LogP contribution in [0.1, 0.15) is 73.1 Å². The minimum atomic E-state index is -1.15. The van der Waals surface area contributed by atoms with E-state index in [1.807, 2.05) is 5.20 Å². The van der Waals surface area contributed by atoms with Crippen LogP contribution >= 0.6 is 0 Å². The van der Waals surface area contributed by atoms with Crippen molar-refractivity contribution in [3.8, 4) is 0 Å². The number of halogens is 2. The van der Waals surface area contributed by atoms with Crippen molar-refractivity contribution in [3.05, 3.63) is 88.0 Å². The Morgan fingerprint density at radius 2 is 1.55 bits per heavy atom. The zero-order chi connectivity index (χ0) is 19.3. The maximum absolute atomic E-state index is 2.55. The number of rotatable bonds is 7. The van der Waals surface area contributed by atoms with Crippen molar-refractivity contribution >= 4 is 19.3 Å². The summed E-state index contributed by atoms with van der Waals surface area (Å²) < 4.78 is 0. The van der Waals surface area contributed by atoms with Gasteiger partial charge in [0.25, 0.3) is 0 Å². The summed E-state index contributed by atoms with van der Waals surface area (Å²) in [5, 5.41) is 3.66. The Kier molecular flexibility index (Phi) is 9.26. The summed E-state index contributed by atoms with van der Waals surface area (Å²) in [6, 6.07) is 18.1. The third kappa shape index (κ3) is 4.93. The van der Waals surface area contributed by atoms with E-state index in [9.17, 15) is 0 Å². The molecule has 2 atom stereocenters. The molecule has 2 aromatic carbocycles. The molecule has 5 rings (SSSR count). The first-order chi connectivity index (χ1) is 13.6. The number of hydrogen-bond donors (Lipinski definition) is 0. The van der Waals surface area contributed by atoms with E-state index in [0.29, 0.717) is 5.92 Å². The predicted octanol–water partition coefficient (Wildman–Crippen LogP) is 1.70. The maximum Gasteiger partial charge on any atom is 3.00 e. The smallest absolute Gasteiger partial charge is 1.00 e. The van der Waals surface area contributed by atoms with Gasteiger partial charge in [-0.3, -0.25) is 0 Å². The largest absolute Gasteiger partial charge is 3.00 e. The van der Waals surface area contributed by atoms with Gasteiger partial charge in [-0.2, -0.15) is 19.8 Å². The van der Waals surface area contributed by atoms with Gasteiger partial charge in [-0.05, 0) is 28.7 Å². The van der Waals surface area contributed by atoms with Gasteiger partial charge in [-0.1, -0.05) is 97.0 Å². The van der Waals surface area contributed by atoms with Crippen molar-refractivity contribution in [2.24, 2.45) is 0 Å². The van der Waals surface area contributed by atoms with Crippen LogP contribution in [0.4, 0.5) is 0 Å². The molecule has 4 heteroatoms. The van der Waals surface area contributed by atoms with Crippen molar-refractivity contribution in [1.29, 1.82) is 0 Å². The summed E-state index contributed by atoms with van der Waals surface area (Å²) in [5.74, 6) is 3.06. The maximum atomic E-state index is 2.55. The average Bonchev–Trinajstić information content (AvgIpc) is 3.02. The third-order valence-electron chi connectivity index (χ3n) is 7.34. The Balaban J connectivity index is 0.00000114. The van der Waals surface area contributed by atoms with Crippen molar-refractivity contribution in [3.63, 3.8) is 0 Å². The van der Waals surface area contributed by atoms with Gasteiger partial charge in [-0.25, -0.2) is 0 Å². The minimum absolute atomic E-state index is 0. The molecule has 0 amide bonds. The van der Waals surface area contributed by atoms with Crippen molar-refractivity contribution < 1.29 is 51.0 Å². The Morgan fingerprint density at radius 3 is 2.32 bits per heavy atom. The van der Waals surface area contributed by atoms with E-state index in [1.54, 1.807) is 22.2 Å². The fourth-order valence-electron chi connectivity index (χ4n) is 5.79. The van der Waals surface area contributed by atoms with Crippen LogP contribution in [0, 0.1) is 5.92 Å². The molecule has 0 bridgehead atoms. The summed E-state index contributed by atoms with van der Waals surface area (Å²) in [4.78, 5) is 0.